The molecule has 0 aliphatic carbocycles. The molecule has 5 nitrogen and oxygen atoms in total. The van der Waals surface area contributed by atoms with Gasteiger partial charge in [-0.25, -0.2) is 0 Å². The summed E-state index contributed by atoms with van der Waals surface area (Å²) in [6, 6.07) is 0.409. The number of hydrogen-bond acceptors (Lipinski definition) is 2. The average molecular weight is 452 g/mol. The van der Waals surface area contributed by atoms with E-state index in [4.69, 9.17) is 0 Å². The molecule has 0 bridgehead atoms. The van der Waals surface area contributed by atoms with Crippen LogP contribution in [0.25, 0.3) is 0 Å². The number of nitrogens with one attached hydrogen (secondary N) is 2. The second-order valence-corrected chi connectivity index (χ2v) is 6.88. The lowest BCUT2D eigenvalue weighted by Crippen LogP contribution is -2.44. The molecule has 1 saturated heterocycles. The van der Waals surface area contributed by atoms with Crippen molar-refractivity contribution in [1.29, 1.82) is 0 Å². The Bertz CT molecular complexity index is 376. The Hall–Kier alpha value is -0.530. The van der Waals surface area contributed by atoms with Crippen LogP contribution in [0.15, 0.2) is 4.99 Å². The van der Waals surface area contributed by atoms with Gasteiger partial charge in [0.15, 0.2) is 5.96 Å². The Kier molecular flexibility index (Phi) is 13.4. The van der Waals surface area contributed by atoms with Crippen molar-refractivity contribution in [3.63, 3.8) is 0 Å². The van der Waals surface area contributed by atoms with Crippen LogP contribution in [0.3, 0.4) is 0 Å². The number of rotatable bonds is 8. The first-order valence-electron chi connectivity index (χ1n) is 9.31. The predicted octanol–water partition coefficient (Wildman–Crippen LogP) is 3.39. The van der Waals surface area contributed by atoms with Crippen molar-refractivity contribution in [3.8, 4) is 0 Å². The summed E-state index contributed by atoms with van der Waals surface area (Å²) in [6.07, 6.45) is 7.84. The van der Waals surface area contributed by atoms with Crippen LogP contribution in [-0.4, -0.2) is 49.5 Å². The quantitative estimate of drug-likeness (QED) is 0.257. The van der Waals surface area contributed by atoms with Crippen molar-refractivity contribution in [2.24, 2.45) is 10.9 Å². The average Bonchev–Trinajstić information content (AvgIpc) is 2.54. The minimum absolute atomic E-state index is 0. The molecule has 2 atom stereocenters. The van der Waals surface area contributed by atoms with Crippen molar-refractivity contribution in [2.45, 2.75) is 71.8 Å². The molecular formula is C18H37IN4O. The van der Waals surface area contributed by atoms with Gasteiger partial charge in [-0.2, -0.15) is 0 Å². The zero-order chi connectivity index (χ0) is 17.1. The maximum atomic E-state index is 12.2. The number of unbranched alkanes of at least 4 members (excludes halogenated alkanes) is 2. The van der Waals surface area contributed by atoms with E-state index < -0.39 is 0 Å². The van der Waals surface area contributed by atoms with Gasteiger partial charge in [-0.3, -0.25) is 9.79 Å². The van der Waals surface area contributed by atoms with Gasteiger partial charge < -0.3 is 15.5 Å². The molecule has 0 aromatic rings. The standard InChI is InChI=1S/C18H36N4O.HI/c1-5-6-7-10-16(3)21-18(19-4)20-12-11-17(23)22-13-8-9-15(2)14-22;/h15-16H,5-14H2,1-4H3,(H2,19,20,21);1H. The van der Waals surface area contributed by atoms with Gasteiger partial charge >= 0.3 is 0 Å². The number of likely N-dealkylation sites (tertiary alicyclic amines) is 1. The number of guanidine groups is 1. The number of amides is 1. The van der Waals surface area contributed by atoms with E-state index in [0.29, 0.717) is 24.9 Å². The largest absolute Gasteiger partial charge is 0.356 e. The first-order valence-corrected chi connectivity index (χ1v) is 9.31. The van der Waals surface area contributed by atoms with Gasteiger partial charge in [0.2, 0.25) is 5.91 Å². The molecule has 1 aliphatic heterocycles. The van der Waals surface area contributed by atoms with Gasteiger partial charge in [0, 0.05) is 39.1 Å². The van der Waals surface area contributed by atoms with E-state index in [1.165, 1.54) is 25.7 Å². The van der Waals surface area contributed by atoms with Crippen molar-refractivity contribution in [2.75, 3.05) is 26.7 Å². The van der Waals surface area contributed by atoms with Gasteiger partial charge in [-0.1, -0.05) is 33.1 Å². The van der Waals surface area contributed by atoms with Crippen LogP contribution in [0.5, 0.6) is 0 Å². The highest BCUT2D eigenvalue weighted by Gasteiger charge is 2.20. The molecule has 1 amide bonds. The molecule has 1 rings (SSSR count). The summed E-state index contributed by atoms with van der Waals surface area (Å²) in [5.41, 5.74) is 0. The topological polar surface area (TPSA) is 56.7 Å². The van der Waals surface area contributed by atoms with Crippen LogP contribution in [0.1, 0.15) is 65.7 Å². The highest BCUT2D eigenvalue weighted by atomic mass is 127. The maximum Gasteiger partial charge on any atom is 0.224 e. The molecule has 142 valence electrons. The van der Waals surface area contributed by atoms with Gasteiger partial charge in [0.1, 0.15) is 0 Å². The lowest BCUT2D eigenvalue weighted by Gasteiger charge is -2.31. The predicted molar refractivity (Wildman–Crippen MR) is 113 cm³/mol. The van der Waals surface area contributed by atoms with Crippen molar-refractivity contribution < 1.29 is 4.79 Å². The summed E-state index contributed by atoms with van der Waals surface area (Å²) in [6.45, 7) is 9.11. The summed E-state index contributed by atoms with van der Waals surface area (Å²) < 4.78 is 0. The first-order chi connectivity index (χ1) is 11.1. The first kappa shape index (κ1) is 23.5. The summed E-state index contributed by atoms with van der Waals surface area (Å²) in [7, 11) is 1.78. The molecule has 2 unspecified atom stereocenters. The third-order valence-corrected chi connectivity index (χ3v) is 4.49. The molecule has 1 fully saturated rings. The highest BCUT2D eigenvalue weighted by molar-refractivity contribution is 14.0. The highest BCUT2D eigenvalue weighted by Crippen LogP contribution is 2.15. The van der Waals surface area contributed by atoms with E-state index >= 15 is 0 Å². The van der Waals surface area contributed by atoms with Crippen LogP contribution < -0.4 is 10.6 Å². The smallest absolute Gasteiger partial charge is 0.224 e. The lowest BCUT2D eigenvalue weighted by molar-refractivity contribution is -0.132. The number of carbonyl (C=O) groups excluding carboxylic acids is 1. The minimum atomic E-state index is 0. The van der Waals surface area contributed by atoms with E-state index in [0.717, 1.165) is 31.9 Å². The molecule has 6 heteroatoms. The lowest BCUT2D eigenvalue weighted by atomic mass is 10.00. The van der Waals surface area contributed by atoms with Crippen molar-refractivity contribution in [3.05, 3.63) is 0 Å². The Balaban J connectivity index is 0.00000529. The molecule has 0 radical (unpaired) electrons. The second kappa shape index (κ2) is 13.7. The fraction of sp³-hybridized carbons (Fsp3) is 0.889. The molecule has 0 saturated carbocycles. The van der Waals surface area contributed by atoms with E-state index in [2.05, 4.69) is 36.4 Å². The van der Waals surface area contributed by atoms with E-state index in [9.17, 15) is 4.79 Å². The van der Waals surface area contributed by atoms with Crippen LogP contribution in [0.2, 0.25) is 0 Å². The number of carbonyl (C=O) groups is 1. The van der Waals surface area contributed by atoms with Crippen LogP contribution in [-0.2, 0) is 4.79 Å². The summed E-state index contributed by atoms with van der Waals surface area (Å²) in [4.78, 5) is 18.5. The fourth-order valence-electron chi connectivity index (χ4n) is 3.06. The molecule has 1 heterocycles. The number of piperidine rings is 1. The monoisotopic (exact) mass is 452 g/mol. The minimum Gasteiger partial charge on any atom is -0.356 e. The van der Waals surface area contributed by atoms with Crippen LogP contribution >= 0.6 is 24.0 Å². The molecule has 2 N–H and O–H groups in total. The molecule has 1 aliphatic rings. The Morgan fingerprint density at radius 1 is 1.38 bits per heavy atom. The zero-order valence-electron chi connectivity index (χ0n) is 15.9. The molecule has 0 spiro atoms. The number of halogens is 1. The fourth-order valence-corrected chi connectivity index (χ4v) is 3.06. The molecule has 0 aromatic carbocycles. The second-order valence-electron chi connectivity index (χ2n) is 6.88. The van der Waals surface area contributed by atoms with E-state index in [1.54, 1.807) is 7.05 Å². The Labute approximate surface area is 165 Å². The third-order valence-electron chi connectivity index (χ3n) is 4.49. The van der Waals surface area contributed by atoms with E-state index in [1.807, 2.05) is 4.90 Å². The van der Waals surface area contributed by atoms with Gasteiger partial charge in [0.05, 0.1) is 0 Å². The van der Waals surface area contributed by atoms with E-state index in [-0.39, 0.29) is 29.9 Å². The third kappa shape index (κ3) is 9.69. The summed E-state index contributed by atoms with van der Waals surface area (Å²) in [5, 5.41) is 6.66. The van der Waals surface area contributed by atoms with Crippen molar-refractivity contribution in [1.82, 2.24) is 15.5 Å². The van der Waals surface area contributed by atoms with Gasteiger partial charge in [-0.15, -0.1) is 24.0 Å². The zero-order valence-corrected chi connectivity index (χ0v) is 18.3. The Morgan fingerprint density at radius 3 is 2.75 bits per heavy atom. The summed E-state index contributed by atoms with van der Waals surface area (Å²) >= 11 is 0. The number of aliphatic imine (C=N–C) groups is 1. The molecular weight excluding hydrogens is 415 g/mol. The number of hydrogen-bond donors (Lipinski definition) is 2. The van der Waals surface area contributed by atoms with Gasteiger partial charge in [0.25, 0.3) is 0 Å². The van der Waals surface area contributed by atoms with Gasteiger partial charge in [-0.05, 0) is 32.1 Å². The molecule has 24 heavy (non-hydrogen) atoms. The van der Waals surface area contributed by atoms with Crippen LogP contribution in [0.4, 0.5) is 0 Å². The normalized spacial score (nSPS) is 19.4. The maximum absolute atomic E-state index is 12.2. The van der Waals surface area contributed by atoms with Crippen LogP contribution in [0, 0.1) is 5.92 Å². The molecule has 0 aromatic heterocycles. The Morgan fingerprint density at radius 2 is 2.12 bits per heavy atom. The number of nitrogens with zero attached hydrogens (tertiary/aromatic N) is 2. The van der Waals surface area contributed by atoms with Crippen molar-refractivity contribution >= 4 is 35.8 Å². The summed E-state index contributed by atoms with van der Waals surface area (Å²) in [5.74, 6) is 1.70. The SMILES string of the molecule is CCCCCC(C)NC(=NC)NCCC(=O)N1CCCC(C)C1.I.